The fourth-order valence-corrected chi connectivity index (χ4v) is 3.26. The van der Waals surface area contributed by atoms with Crippen molar-refractivity contribution >= 4 is 22.6 Å². The van der Waals surface area contributed by atoms with Crippen molar-refractivity contribution in [3.63, 3.8) is 0 Å². The summed E-state index contributed by atoms with van der Waals surface area (Å²) in [6, 6.07) is 2.68. The summed E-state index contributed by atoms with van der Waals surface area (Å²) in [5.74, 6) is -1.94. The quantitative estimate of drug-likeness (QED) is 0.715. The predicted molar refractivity (Wildman–Crippen MR) is 95.7 cm³/mol. The molecule has 0 unspecified atom stereocenters. The third-order valence-electron chi connectivity index (χ3n) is 4.78. The van der Waals surface area contributed by atoms with E-state index in [9.17, 15) is 19.1 Å². The lowest BCUT2D eigenvalue weighted by Gasteiger charge is -2.34. The minimum Gasteiger partial charge on any atom is -0.477 e. The van der Waals surface area contributed by atoms with Crippen molar-refractivity contribution in [3.8, 4) is 0 Å². The summed E-state index contributed by atoms with van der Waals surface area (Å²) < 4.78 is 17.7. The largest absolute Gasteiger partial charge is 0.477 e. The number of fused-ring (bicyclic) bond motifs is 1. The molecule has 1 N–H and O–H groups in total. The van der Waals surface area contributed by atoms with Crippen LogP contribution in [0.25, 0.3) is 10.9 Å². The van der Waals surface area contributed by atoms with Gasteiger partial charge in [0, 0.05) is 32.4 Å². The van der Waals surface area contributed by atoms with Gasteiger partial charge in [0.1, 0.15) is 24.0 Å². The van der Waals surface area contributed by atoms with Crippen LogP contribution in [0.4, 0.5) is 10.1 Å². The minimum absolute atomic E-state index is 0.0148. The number of carboxylic acid groups (broad SMARTS) is 1. The van der Waals surface area contributed by atoms with Crippen LogP contribution in [0, 0.1) is 5.82 Å². The third-order valence-corrected chi connectivity index (χ3v) is 4.78. The highest BCUT2D eigenvalue weighted by atomic mass is 19.1. The Morgan fingerprint density at radius 1 is 1.15 bits per heavy atom. The number of hydrogen-bond acceptors (Lipinski definition) is 6. The highest BCUT2D eigenvalue weighted by molar-refractivity contribution is 5.93. The van der Waals surface area contributed by atoms with Gasteiger partial charge in [0.2, 0.25) is 5.43 Å². The van der Waals surface area contributed by atoms with Crippen molar-refractivity contribution < 1.29 is 14.3 Å². The molecule has 1 aliphatic heterocycles. The van der Waals surface area contributed by atoms with Crippen LogP contribution < -0.4 is 10.3 Å². The van der Waals surface area contributed by atoms with Gasteiger partial charge in [-0.1, -0.05) is 0 Å². The molecule has 9 nitrogen and oxygen atoms in total. The van der Waals surface area contributed by atoms with E-state index in [0.29, 0.717) is 24.3 Å². The van der Waals surface area contributed by atoms with Gasteiger partial charge in [-0.3, -0.25) is 9.47 Å². The molecule has 1 saturated heterocycles. The lowest BCUT2D eigenvalue weighted by atomic mass is 10.1. The monoisotopic (exact) mass is 372 g/mol. The number of nitrogens with zero attached hydrogens (tertiary/aromatic N) is 6. The fraction of sp³-hybridized carbons (Fsp3) is 0.294. The summed E-state index contributed by atoms with van der Waals surface area (Å²) in [5, 5.41) is 16.8. The molecule has 140 valence electrons. The highest BCUT2D eigenvalue weighted by Crippen LogP contribution is 2.26. The summed E-state index contributed by atoms with van der Waals surface area (Å²) in [5.41, 5.74) is -0.436. The smallest absolute Gasteiger partial charge is 0.341 e. The molecule has 3 aromatic rings. The number of carboxylic acids is 1. The number of hydrogen-bond donors (Lipinski definition) is 1. The summed E-state index contributed by atoms with van der Waals surface area (Å²) >= 11 is 0. The molecule has 10 heteroatoms. The first-order chi connectivity index (χ1) is 13.0. The van der Waals surface area contributed by atoms with E-state index in [1.54, 1.807) is 6.07 Å². The van der Waals surface area contributed by atoms with Gasteiger partial charge in [0.25, 0.3) is 0 Å². The van der Waals surface area contributed by atoms with Crippen LogP contribution in [-0.2, 0) is 0 Å². The Labute approximate surface area is 152 Å². The van der Waals surface area contributed by atoms with Gasteiger partial charge in [-0.15, -0.1) is 10.2 Å². The van der Waals surface area contributed by atoms with Crippen LogP contribution in [0.2, 0.25) is 0 Å². The lowest BCUT2D eigenvalue weighted by molar-refractivity contribution is 0.0694. The second kappa shape index (κ2) is 6.47. The van der Waals surface area contributed by atoms with Crippen LogP contribution >= 0.6 is 0 Å². The number of benzene rings is 1. The molecule has 1 aliphatic rings. The Morgan fingerprint density at radius 3 is 2.44 bits per heavy atom. The first kappa shape index (κ1) is 17.2. The number of piperazine rings is 1. The van der Waals surface area contributed by atoms with Crippen molar-refractivity contribution in [1.82, 2.24) is 24.4 Å². The molecular weight excluding hydrogens is 355 g/mol. The first-order valence-corrected chi connectivity index (χ1v) is 8.36. The number of pyridine rings is 1. The Bertz CT molecular complexity index is 1070. The molecule has 3 heterocycles. The van der Waals surface area contributed by atoms with Gasteiger partial charge in [0.15, 0.2) is 0 Å². The van der Waals surface area contributed by atoms with Crippen molar-refractivity contribution in [3.05, 3.63) is 52.6 Å². The number of carbonyl (C=O) groups is 1. The van der Waals surface area contributed by atoms with Crippen LogP contribution in [0.3, 0.4) is 0 Å². The second-order valence-corrected chi connectivity index (χ2v) is 6.47. The minimum atomic E-state index is -1.38. The van der Waals surface area contributed by atoms with E-state index >= 15 is 0 Å². The molecule has 0 aliphatic carbocycles. The Balaban J connectivity index is 1.96. The average Bonchev–Trinajstić information content (AvgIpc) is 3.17. The zero-order chi connectivity index (χ0) is 19.1. The fourth-order valence-electron chi connectivity index (χ4n) is 3.26. The average molecular weight is 372 g/mol. The van der Waals surface area contributed by atoms with Crippen molar-refractivity contribution in [2.24, 2.45) is 0 Å². The van der Waals surface area contributed by atoms with E-state index < -0.39 is 22.8 Å². The number of halogens is 1. The first-order valence-electron chi connectivity index (χ1n) is 8.36. The molecule has 0 spiro atoms. The van der Waals surface area contributed by atoms with Gasteiger partial charge in [-0.25, -0.2) is 13.9 Å². The van der Waals surface area contributed by atoms with E-state index in [1.807, 2.05) is 11.9 Å². The molecule has 0 atom stereocenters. The van der Waals surface area contributed by atoms with Gasteiger partial charge in [0.05, 0.1) is 16.6 Å². The second-order valence-electron chi connectivity index (χ2n) is 6.47. The summed E-state index contributed by atoms with van der Waals surface area (Å²) in [6.45, 7) is 2.91. The van der Waals surface area contributed by atoms with Gasteiger partial charge in [-0.05, 0) is 19.2 Å². The zero-order valence-electron chi connectivity index (χ0n) is 14.5. The maximum atomic E-state index is 14.8. The number of likely N-dealkylation sites (N-methyl/N-ethyl adjacent to an activating group) is 1. The normalized spacial score (nSPS) is 15.4. The molecule has 0 radical (unpaired) electrons. The predicted octanol–water partition coefficient (Wildman–Crippen LogP) is 0.493. The van der Waals surface area contributed by atoms with Crippen LogP contribution in [-0.4, -0.2) is 68.8 Å². The van der Waals surface area contributed by atoms with Crippen LogP contribution in [0.15, 0.2) is 35.8 Å². The van der Waals surface area contributed by atoms with Crippen LogP contribution in [0.5, 0.6) is 0 Å². The Hall–Kier alpha value is -3.27. The van der Waals surface area contributed by atoms with Gasteiger partial charge >= 0.3 is 5.97 Å². The zero-order valence-corrected chi connectivity index (χ0v) is 14.5. The van der Waals surface area contributed by atoms with E-state index in [1.165, 1.54) is 28.2 Å². The molecule has 1 aromatic carbocycles. The topological polar surface area (TPSA) is 96.5 Å². The highest BCUT2D eigenvalue weighted by Gasteiger charge is 2.22. The third kappa shape index (κ3) is 2.93. The SMILES string of the molecule is CN1CCN(c2cc3c(cc2F)c(=O)c(C(=O)O)cn3-n2cnnc2)CC1. The number of anilines is 1. The standard InChI is InChI=1S/C17H17FN6O3/c1-21-2-4-22(5-3-21)15-7-14-11(6-13(15)18)16(25)12(17(26)27)8-24(14)23-9-19-20-10-23/h6-10H,2-5H2,1H3,(H,26,27). The van der Waals surface area contributed by atoms with Crippen molar-refractivity contribution in [2.45, 2.75) is 0 Å². The van der Waals surface area contributed by atoms with Crippen LogP contribution in [0.1, 0.15) is 10.4 Å². The number of aromatic carboxylic acids is 1. The molecule has 4 rings (SSSR count). The number of aromatic nitrogens is 4. The molecule has 1 fully saturated rings. The molecule has 27 heavy (non-hydrogen) atoms. The Morgan fingerprint density at radius 2 is 1.81 bits per heavy atom. The number of rotatable bonds is 3. The Kier molecular flexibility index (Phi) is 4.11. The van der Waals surface area contributed by atoms with E-state index in [4.69, 9.17) is 0 Å². The molecular formula is C17H17FN6O3. The molecule has 0 amide bonds. The maximum absolute atomic E-state index is 14.8. The van der Waals surface area contributed by atoms with E-state index in [2.05, 4.69) is 15.1 Å². The van der Waals surface area contributed by atoms with E-state index in [0.717, 1.165) is 19.2 Å². The molecule has 0 saturated carbocycles. The molecule has 0 bridgehead atoms. The molecule has 2 aromatic heterocycles. The maximum Gasteiger partial charge on any atom is 0.341 e. The van der Waals surface area contributed by atoms with Crippen molar-refractivity contribution in [1.29, 1.82) is 0 Å². The van der Waals surface area contributed by atoms with Gasteiger partial charge in [-0.2, -0.15) is 0 Å². The lowest BCUT2D eigenvalue weighted by Crippen LogP contribution is -2.44. The van der Waals surface area contributed by atoms with Crippen molar-refractivity contribution in [2.75, 3.05) is 38.1 Å². The summed E-state index contributed by atoms with van der Waals surface area (Å²) in [6.07, 6.45) is 3.94. The van der Waals surface area contributed by atoms with E-state index in [-0.39, 0.29) is 5.39 Å². The summed E-state index contributed by atoms with van der Waals surface area (Å²) in [7, 11) is 2.01. The van der Waals surface area contributed by atoms with Gasteiger partial charge < -0.3 is 14.9 Å². The summed E-state index contributed by atoms with van der Waals surface area (Å²) in [4.78, 5) is 28.1.